The fourth-order valence-corrected chi connectivity index (χ4v) is 3.19. The molecule has 2 aliphatic rings. The zero-order valence-corrected chi connectivity index (χ0v) is 13.2. The molecule has 3 rings (SSSR count). The predicted octanol–water partition coefficient (Wildman–Crippen LogP) is 3.85. The Hall–Kier alpha value is -0.770. The minimum Gasteiger partial charge on any atom is -0.339 e. The Kier molecular flexibility index (Phi) is 3.24. The van der Waals surface area contributed by atoms with Gasteiger partial charge in [-0.3, -0.25) is 4.79 Å². The topological polar surface area (TPSA) is 25.2 Å². The second kappa shape index (κ2) is 4.65. The molecule has 0 N–H and O–H groups in total. The van der Waals surface area contributed by atoms with Crippen molar-refractivity contribution in [2.45, 2.75) is 45.6 Å². The molecule has 3 nitrogen and oxygen atoms in total. The summed E-state index contributed by atoms with van der Waals surface area (Å²) in [5, 5.41) is 0. The highest BCUT2D eigenvalue weighted by Gasteiger charge is 2.32. The van der Waals surface area contributed by atoms with Crippen LogP contribution in [0.15, 0.2) is 16.7 Å². The maximum Gasteiger partial charge on any atom is 0.270 e. The summed E-state index contributed by atoms with van der Waals surface area (Å²) >= 11 is 3.50. The number of carbonyl (C=O) groups excluding carboxylic acids is 1. The van der Waals surface area contributed by atoms with Crippen molar-refractivity contribution in [2.24, 2.45) is 5.41 Å². The third kappa shape index (κ3) is 2.73. The molecule has 1 saturated heterocycles. The number of amides is 1. The molecular formula is C15H21BrN2O. The first-order valence-electron chi connectivity index (χ1n) is 7.13. The Morgan fingerprint density at radius 2 is 1.95 bits per heavy atom. The zero-order chi connectivity index (χ0) is 13.6. The quantitative estimate of drug-likeness (QED) is 0.811. The van der Waals surface area contributed by atoms with Crippen molar-refractivity contribution in [3.63, 3.8) is 0 Å². The van der Waals surface area contributed by atoms with Gasteiger partial charge in [-0.05, 0) is 53.1 Å². The van der Waals surface area contributed by atoms with E-state index in [1.165, 1.54) is 12.8 Å². The molecule has 1 aliphatic heterocycles. The molecule has 2 fully saturated rings. The first-order valence-corrected chi connectivity index (χ1v) is 7.92. The maximum atomic E-state index is 12.7. The molecule has 0 spiro atoms. The van der Waals surface area contributed by atoms with E-state index in [2.05, 4.69) is 40.5 Å². The summed E-state index contributed by atoms with van der Waals surface area (Å²) in [6, 6.07) is 2.52. The Morgan fingerprint density at radius 1 is 1.32 bits per heavy atom. The molecule has 2 heterocycles. The van der Waals surface area contributed by atoms with Crippen LogP contribution < -0.4 is 0 Å². The number of rotatable bonds is 2. The van der Waals surface area contributed by atoms with Crippen LogP contribution in [0.4, 0.5) is 0 Å². The Morgan fingerprint density at radius 3 is 2.53 bits per heavy atom. The molecule has 19 heavy (non-hydrogen) atoms. The van der Waals surface area contributed by atoms with Crippen LogP contribution in [0.3, 0.4) is 0 Å². The maximum absolute atomic E-state index is 12.7. The van der Waals surface area contributed by atoms with Crippen molar-refractivity contribution in [1.29, 1.82) is 0 Å². The first-order chi connectivity index (χ1) is 8.96. The molecule has 0 aromatic carbocycles. The van der Waals surface area contributed by atoms with Crippen molar-refractivity contribution >= 4 is 21.8 Å². The van der Waals surface area contributed by atoms with Crippen molar-refractivity contribution in [3.8, 4) is 0 Å². The molecule has 1 aromatic rings. The van der Waals surface area contributed by atoms with E-state index in [-0.39, 0.29) is 5.91 Å². The lowest BCUT2D eigenvalue weighted by Gasteiger charge is -2.37. The van der Waals surface area contributed by atoms with E-state index < -0.39 is 0 Å². The van der Waals surface area contributed by atoms with Gasteiger partial charge >= 0.3 is 0 Å². The third-order valence-corrected chi connectivity index (χ3v) is 4.81. The van der Waals surface area contributed by atoms with Crippen LogP contribution >= 0.6 is 15.9 Å². The number of halogens is 1. The monoisotopic (exact) mass is 324 g/mol. The van der Waals surface area contributed by atoms with Gasteiger partial charge in [0.2, 0.25) is 0 Å². The second-order valence-electron chi connectivity index (χ2n) is 6.64. The van der Waals surface area contributed by atoms with Gasteiger partial charge in [0, 0.05) is 29.8 Å². The van der Waals surface area contributed by atoms with Gasteiger partial charge in [-0.1, -0.05) is 13.8 Å². The highest BCUT2D eigenvalue weighted by molar-refractivity contribution is 9.10. The summed E-state index contributed by atoms with van der Waals surface area (Å²) in [4.78, 5) is 14.7. The van der Waals surface area contributed by atoms with Crippen molar-refractivity contribution < 1.29 is 4.79 Å². The van der Waals surface area contributed by atoms with Crippen molar-refractivity contribution in [2.75, 3.05) is 13.1 Å². The fraction of sp³-hybridized carbons (Fsp3) is 0.667. The van der Waals surface area contributed by atoms with Gasteiger partial charge in [-0.15, -0.1) is 0 Å². The van der Waals surface area contributed by atoms with Gasteiger partial charge in [-0.2, -0.15) is 0 Å². The SMILES string of the molecule is CC1(C)CCN(C(=O)c2cc(Br)cn2C2CC2)CC1. The van der Waals surface area contributed by atoms with E-state index in [0.717, 1.165) is 36.1 Å². The molecule has 0 radical (unpaired) electrons. The van der Waals surface area contributed by atoms with Crippen molar-refractivity contribution in [3.05, 3.63) is 22.4 Å². The van der Waals surface area contributed by atoms with E-state index in [0.29, 0.717) is 11.5 Å². The number of aromatic nitrogens is 1. The minimum absolute atomic E-state index is 0.202. The normalized spacial score (nSPS) is 22.6. The molecule has 1 amide bonds. The van der Waals surface area contributed by atoms with Gasteiger partial charge in [0.05, 0.1) is 0 Å². The number of nitrogens with zero attached hydrogens (tertiary/aromatic N) is 2. The number of likely N-dealkylation sites (tertiary alicyclic amines) is 1. The Balaban J connectivity index is 1.77. The van der Waals surface area contributed by atoms with Crippen LogP contribution in [0.25, 0.3) is 0 Å². The summed E-state index contributed by atoms with van der Waals surface area (Å²) in [7, 11) is 0. The van der Waals surface area contributed by atoms with Gasteiger partial charge in [-0.25, -0.2) is 0 Å². The van der Waals surface area contributed by atoms with Crippen LogP contribution in [-0.4, -0.2) is 28.5 Å². The van der Waals surface area contributed by atoms with Gasteiger partial charge in [0.25, 0.3) is 5.91 Å². The summed E-state index contributed by atoms with van der Waals surface area (Å²) in [6.07, 6.45) is 6.66. The van der Waals surface area contributed by atoms with E-state index in [1.54, 1.807) is 0 Å². The van der Waals surface area contributed by atoms with Crippen LogP contribution in [0.2, 0.25) is 0 Å². The molecule has 4 heteroatoms. The van der Waals surface area contributed by atoms with Crippen LogP contribution in [0.1, 0.15) is 56.1 Å². The molecule has 0 bridgehead atoms. The number of hydrogen-bond acceptors (Lipinski definition) is 1. The zero-order valence-electron chi connectivity index (χ0n) is 11.7. The summed E-state index contributed by atoms with van der Waals surface area (Å²) in [5.74, 6) is 0.202. The Labute approximate surface area is 123 Å². The highest BCUT2D eigenvalue weighted by atomic mass is 79.9. The van der Waals surface area contributed by atoms with Gasteiger partial charge in [0.15, 0.2) is 0 Å². The minimum atomic E-state index is 0.202. The van der Waals surface area contributed by atoms with E-state index >= 15 is 0 Å². The number of hydrogen-bond donors (Lipinski definition) is 0. The van der Waals surface area contributed by atoms with Crippen LogP contribution in [-0.2, 0) is 0 Å². The van der Waals surface area contributed by atoms with Crippen LogP contribution in [0.5, 0.6) is 0 Å². The van der Waals surface area contributed by atoms with Crippen molar-refractivity contribution in [1.82, 2.24) is 9.47 Å². The Bertz CT molecular complexity index is 492. The molecule has 104 valence electrons. The van der Waals surface area contributed by atoms with E-state index in [4.69, 9.17) is 0 Å². The third-order valence-electron chi connectivity index (χ3n) is 4.38. The average Bonchev–Trinajstić information content (AvgIpc) is 3.12. The molecule has 0 unspecified atom stereocenters. The first kappa shape index (κ1) is 13.2. The predicted molar refractivity (Wildman–Crippen MR) is 79.3 cm³/mol. The molecular weight excluding hydrogens is 304 g/mol. The van der Waals surface area contributed by atoms with E-state index in [9.17, 15) is 4.79 Å². The number of piperidine rings is 1. The summed E-state index contributed by atoms with van der Waals surface area (Å²) < 4.78 is 3.17. The highest BCUT2D eigenvalue weighted by Crippen LogP contribution is 2.38. The second-order valence-corrected chi connectivity index (χ2v) is 7.55. The lowest BCUT2D eigenvalue weighted by molar-refractivity contribution is 0.0619. The molecule has 0 atom stereocenters. The number of carbonyl (C=O) groups is 1. The molecule has 1 aromatic heterocycles. The lowest BCUT2D eigenvalue weighted by Crippen LogP contribution is -2.41. The smallest absolute Gasteiger partial charge is 0.270 e. The van der Waals surface area contributed by atoms with E-state index in [1.807, 2.05) is 11.0 Å². The largest absolute Gasteiger partial charge is 0.339 e. The summed E-state index contributed by atoms with van der Waals surface area (Å²) in [6.45, 7) is 6.36. The lowest BCUT2D eigenvalue weighted by atomic mass is 9.82. The van der Waals surface area contributed by atoms with Crippen LogP contribution in [0, 0.1) is 5.41 Å². The summed E-state index contributed by atoms with van der Waals surface area (Å²) in [5.41, 5.74) is 1.24. The van der Waals surface area contributed by atoms with Gasteiger partial charge in [0.1, 0.15) is 5.69 Å². The fourth-order valence-electron chi connectivity index (χ4n) is 2.75. The average molecular weight is 325 g/mol. The molecule has 1 saturated carbocycles. The van der Waals surface area contributed by atoms with Gasteiger partial charge < -0.3 is 9.47 Å². The standard InChI is InChI=1S/C15H21BrN2O/c1-15(2)5-7-17(8-6-15)14(19)13-9-11(16)10-18(13)12-3-4-12/h9-10,12H,3-8H2,1-2H3. The molecule has 1 aliphatic carbocycles.